The molecule has 0 atom stereocenters. The van der Waals surface area contributed by atoms with Gasteiger partial charge < -0.3 is 0 Å². The zero-order valence-corrected chi connectivity index (χ0v) is 10.2. The van der Waals surface area contributed by atoms with Crippen molar-refractivity contribution in [2.75, 3.05) is 5.33 Å². The normalized spacial score (nSPS) is 11.6. The first-order valence-corrected chi connectivity index (χ1v) is 5.95. The van der Waals surface area contributed by atoms with Crippen LogP contribution in [0, 0.1) is 5.82 Å². The molecule has 0 bridgehead atoms. The minimum Gasteiger partial charge on any atom is -0.294 e. The fourth-order valence-corrected chi connectivity index (χ4v) is 1.69. The molecule has 0 unspecified atom stereocenters. The number of ketones is 1. The molecule has 1 rings (SSSR count). The second kappa shape index (κ2) is 5.62. The Kier molecular flexibility index (Phi) is 4.68. The molecule has 17 heavy (non-hydrogen) atoms. The molecule has 0 fully saturated rings. The van der Waals surface area contributed by atoms with E-state index in [0.29, 0.717) is 17.8 Å². The number of rotatable bonds is 4. The lowest BCUT2D eigenvalue weighted by Gasteiger charge is -2.12. The number of carbonyl (C=O) groups is 1. The van der Waals surface area contributed by atoms with Crippen LogP contribution in [0.1, 0.15) is 28.8 Å². The van der Waals surface area contributed by atoms with Crippen LogP contribution in [0.3, 0.4) is 0 Å². The Morgan fingerprint density at radius 1 is 1.29 bits per heavy atom. The average molecular weight is 313 g/mol. The molecule has 0 spiro atoms. The summed E-state index contributed by atoms with van der Waals surface area (Å²) in [6.07, 6.45) is -4.49. The molecular weight excluding hydrogens is 304 g/mol. The molecule has 0 aliphatic rings. The van der Waals surface area contributed by atoms with E-state index >= 15 is 0 Å². The summed E-state index contributed by atoms with van der Waals surface area (Å²) >= 11 is 3.07. The summed E-state index contributed by atoms with van der Waals surface area (Å²) in [5, 5.41) is 0.509. The smallest absolute Gasteiger partial charge is 0.294 e. The fourth-order valence-electron chi connectivity index (χ4n) is 1.41. The first-order valence-electron chi connectivity index (χ1n) is 4.82. The van der Waals surface area contributed by atoms with Crippen LogP contribution in [0.5, 0.6) is 0 Å². The Labute approximate surface area is 104 Å². The Bertz CT molecular complexity index is 414. The van der Waals surface area contributed by atoms with Crippen LogP contribution >= 0.6 is 15.9 Å². The lowest BCUT2D eigenvalue weighted by Crippen LogP contribution is -2.15. The Balaban J connectivity index is 3.16. The highest BCUT2D eigenvalue weighted by Crippen LogP contribution is 2.34. The molecule has 1 aromatic rings. The van der Waals surface area contributed by atoms with Crippen molar-refractivity contribution in [2.45, 2.75) is 19.0 Å². The number of alkyl halides is 4. The van der Waals surface area contributed by atoms with Crippen molar-refractivity contribution in [2.24, 2.45) is 0 Å². The Hall–Kier alpha value is -0.910. The van der Waals surface area contributed by atoms with Crippen molar-refractivity contribution in [3.8, 4) is 0 Å². The van der Waals surface area contributed by atoms with Crippen LogP contribution in [-0.2, 0) is 6.18 Å². The standard InChI is InChI=1S/C11H9BrF4O/c12-6-2-5-9(17)7-3-1-4-8(13)10(7)11(14,15)16/h1,3-4H,2,5-6H2. The summed E-state index contributed by atoms with van der Waals surface area (Å²) in [5.74, 6) is -2.11. The lowest BCUT2D eigenvalue weighted by atomic mass is 10.00. The summed E-state index contributed by atoms with van der Waals surface area (Å²) in [5.41, 5.74) is -2.07. The van der Waals surface area contributed by atoms with Crippen molar-refractivity contribution in [1.82, 2.24) is 0 Å². The van der Waals surface area contributed by atoms with Gasteiger partial charge in [0, 0.05) is 17.3 Å². The van der Waals surface area contributed by atoms with Crippen LogP contribution in [-0.4, -0.2) is 11.1 Å². The number of carbonyl (C=O) groups excluding carboxylic acids is 1. The molecule has 0 aliphatic carbocycles. The van der Waals surface area contributed by atoms with Crippen LogP contribution in [0.2, 0.25) is 0 Å². The van der Waals surface area contributed by atoms with E-state index in [1.54, 1.807) is 0 Å². The maximum absolute atomic E-state index is 13.1. The van der Waals surface area contributed by atoms with Gasteiger partial charge in [-0.1, -0.05) is 28.1 Å². The number of halogens is 5. The molecule has 1 nitrogen and oxygen atoms in total. The third-order valence-corrected chi connectivity index (χ3v) is 2.70. The van der Waals surface area contributed by atoms with E-state index in [9.17, 15) is 22.4 Å². The largest absolute Gasteiger partial charge is 0.419 e. The molecule has 0 radical (unpaired) electrons. The highest BCUT2D eigenvalue weighted by molar-refractivity contribution is 9.09. The molecule has 6 heteroatoms. The topological polar surface area (TPSA) is 17.1 Å². The van der Waals surface area contributed by atoms with E-state index in [4.69, 9.17) is 0 Å². The van der Waals surface area contributed by atoms with Gasteiger partial charge in [0.05, 0.1) is 0 Å². The van der Waals surface area contributed by atoms with E-state index in [1.807, 2.05) is 0 Å². The van der Waals surface area contributed by atoms with Crippen LogP contribution in [0.4, 0.5) is 17.6 Å². The number of hydrogen-bond donors (Lipinski definition) is 0. The maximum Gasteiger partial charge on any atom is 0.419 e. The third-order valence-electron chi connectivity index (χ3n) is 2.13. The van der Waals surface area contributed by atoms with Gasteiger partial charge in [0.2, 0.25) is 0 Å². The predicted octanol–water partition coefficient (Wildman–Crippen LogP) is 4.20. The number of hydrogen-bond acceptors (Lipinski definition) is 1. The zero-order valence-electron chi connectivity index (χ0n) is 8.65. The molecule has 0 N–H and O–H groups in total. The lowest BCUT2D eigenvalue weighted by molar-refractivity contribution is -0.140. The first kappa shape index (κ1) is 14.2. The highest BCUT2D eigenvalue weighted by atomic mass is 79.9. The SMILES string of the molecule is O=C(CCCBr)c1cccc(F)c1C(F)(F)F. The summed E-state index contributed by atoms with van der Waals surface area (Å²) < 4.78 is 50.9. The van der Waals surface area contributed by atoms with Gasteiger partial charge in [-0.15, -0.1) is 0 Å². The summed E-state index contributed by atoms with van der Waals surface area (Å²) in [6, 6.07) is 2.80. The van der Waals surface area contributed by atoms with Crippen LogP contribution in [0.15, 0.2) is 18.2 Å². The molecule has 0 heterocycles. The summed E-state index contributed by atoms with van der Waals surface area (Å²) in [4.78, 5) is 11.5. The van der Waals surface area contributed by atoms with Gasteiger partial charge in [-0.05, 0) is 12.5 Å². The van der Waals surface area contributed by atoms with Crippen LogP contribution < -0.4 is 0 Å². The number of benzene rings is 1. The molecule has 0 aromatic heterocycles. The van der Waals surface area contributed by atoms with E-state index < -0.39 is 28.9 Å². The van der Waals surface area contributed by atoms with Gasteiger partial charge in [0.25, 0.3) is 0 Å². The predicted molar refractivity (Wildman–Crippen MR) is 58.8 cm³/mol. The Morgan fingerprint density at radius 3 is 2.47 bits per heavy atom. The van der Waals surface area contributed by atoms with E-state index in [2.05, 4.69) is 15.9 Å². The summed E-state index contributed by atoms with van der Waals surface area (Å²) in [6.45, 7) is 0. The van der Waals surface area contributed by atoms with Crippen LogP contribution in [0.25, 0.3) is 0 Å². The van der Waals surface area contributed by atoms with Crippen molar-refractivity contribution in [3.63, 3.8) is 0 Å². The van der Waals surface area contributed by atoms with Gasteiger partial charge in [-0.2, -0.15) is 13.2 Å². The molecule has 1 aromatic carbocycles. The monoisotopic (exact) mass is 312 g/mol. The van der Waals surface area contributed by atoms with E-state index in [-0.39, 0.29) is 6.42 Å². The maximum atomic E-state index is 13.1. The van der Waals surface area contributed by atoms with Gasteiger partial charge in [0.15, 0.2) is 5.78 Å². The zero-order chi connectivity index (χ0) is 13.1. The molecule has 0 aliphatic heterocycles. The highest BCUT2D eigenvalue weighted by Gasteiger charge is 2.38. The molecule has 0 saturated heterocycles. The number of Topliss-reactive ketones (excluding diaryl/α,β-unsaturated/α-hetero) is 1. The van der Waals surface area contributed by atoms with Gasteiger partial charge >= 0.3 is 6.18 Å². The van der Waals surface area contributed by atoms with Gasteiger partial charge in [-0.3, -0.25) is 4.79 Å². The fraction of sp³-hybridized carbons (Fsp3) is 0.364. The van der Waals surface area contributed by atoms with Crippen molar-refractivity contribution in [1.29, 1.82) is 0 Å². The van der Waals surface area contributed by atoms with E-state index in [0.717, 1.165) is 12.1 Å². The van der Waals surface area contributed by atoms with E-state index in [1.165, 1.54) is 0 Å². The average Bonchev–Trinajstić information content (AvgIpc) is 2.23. The molecular formula is C11H9BrF4O. The minimum atomic E-state index is -4.86. The molecule has 0 amide bonds. The second-order valence-corrected chi connectivity index (χ2v) is 4.17. The van der Waals surface area contributed by atoms with Gasteiger partial charge in [-0.25, -0.2) is 4.39 Å². The second-order valence-electron chi connectivity index (χ2n) is 3.38. The molecule has 0 saturated carbocycles. The van der Waals surface area contributed by atoms with Gasteiger partial charge in [0.1, 0.15) is 11.4 Å². The quantitative estimate of drug-likeness (QED) is 0.462. The Morgan fingerprint density at radius 2 is 1.94 bits per heavy atom. The van der Waals surface area contributed by atoms with Crippen molar-refractivity contribution < 1.29 is 22.4 Å². The minimum absolute atomic E-state index is 0.0439. The van der Waals surface area contributed by atoms with Crippen molar-refractivity contribution >= 4 is 21.7 Å². The summed E-state index contributed by atoms with van der Waals surface area (Å²) in [7, 11) is 0. The molecule has 94 valence electrons. The van der Waals surface area contributed by atoms with Crippen molar-refractivity contribution in [3.05, 3.63) is 35.1 Å². The third kappa shape index (κ3) is 3.52. The first-order chi connectivity index (χ1) is 7.88.